The summed E-state index contributed by atoms with van der Waals surface area (Å²) in [6.45, 7) is 3.75. The fourth-order valence-electron chi connectivity index (χ4n) is 1.71. The smallest absolute Gasteiger partial charge is 0.264 e. The van der Waals surface area contributed by atoms with Gasteiger partial charge in [0, 0.05) is 21.2 Å². The molecule has 0 fully saturated rings. The summed E-state index contributed by atoms with van der Waals surface area (Å²) in [4.78, 5) is 11.3. The average Bonchev–Trinajstić information content (AvgIpc) is 2.30. The molecule has 0 aliphatic rings. The van der Waals surface area contributed by atoms with Gasteiger partial charge < -0.3 is 5.32 Å². The molecule has 1 atom stereocenters. The fourth-order valence-corrected chi connectivity index (χ4v) is 3.25. The van der Waals surface area contributed by atoms with E-state index < -0.39 is 25.7 Å². The lowest BCUT2D eigenvalue weighted by molar-refractivity contribution is 0.0933. The second-order valence-corrected chi connectivity index (χ2v) is 7.82. The van der Waals surface area contributed by atoms with Crippen LogP contribution in [0.1, 0.15) is 37.0 Å². The molecule has 0 saturated heterocycles. The largest absolute Gasteiger partial charge is 0.349 e. The molecule has 0 radical (unpaired) electrons. The Morgan fingerprint density at radius 2 is 2.10 bits per heavy atom. The van der Waals surface area contributed by atoms with Crippen molar-refractivity contribution >= 4 is 41.6 Å². The SMILES string of the molecule is CCCC(C)NC(=O)c1cc(Br)cc(S(=O)(=O)Cl)c1F. The Morgan fingerprint density at radius 1 is 1.50 bits per heavy atom. The van der Waals surface area contributed by atoms with Crippen LogP contribution in [0.3, 0.4) is 0 Å². The Hall–Kier alpha value is -0.660. The third-order valence-corrected chi connectivity index (χ3v) is 4.39. The summed E-state index contributed by atoms with van der Waals surface area (Å²) in [5.74, 6) is -1.82. The maximum Gasteiger partial charge on any atom is 0.264 e. The van der Waals surface area contributed by atoms with Crippen LogP contribution in [-0.2, 0) is 9.05 Å². The van der Waals surface area contributed by atoms with Crippen molar-refractivity contribution in [2.45, 2.75) is 37.6 Å². The van der Waals surface area contributed by atoms with E-state index in [-0.39, 0.29) is 16.1 Å². The molecule has 0 aliphatic carbocycles. The summed E-state index contributed by atoms with van der Waals surface area (Å²) in [7, 11) is 0.884. The first-order valence-corrected chi connectivity index (χ1v) is 9.01. The summed E-state index contributed by atoms with van der Waals surface area (Å²) in [5, 5.41) is 2.61. The van der Waals surface area contributed by atoms with Gasteiger partial charge in [0.25, 0.3) is 15.0 Å². The van der Waals surface area contributed by atoms with Crippen LogP contribution in [-0.4, -0.2) is 20.4 Å². The Balaban J connectivity index is 3.19. The fraction of sp³-hybridized carbons (Fsp3) is 0.417. The van der Waals surface area contributed by atoms with Crippen molar-refractivity contribution in [3.8, 4) is 0 Å². The Labute approximate surface area is 130 Å². The molecule has 0 heterocycles. The summed E-state index contributed by atoms with van der Waals surface area (Å²) >= 11 is 3.04. The second kappa shape index (κ2) is 6.87. The van der Waals surface area contributed by atoms with E-state index in [9.17, 15) is 17.6 Å². The Kier molecular flexibility index (Phi) is 5.97. The van der Waals surface area contributed by atoms with Gasteiger partial charge in [0.05, 0.1) is 5.56 Å². The van der Waals surface area contributed by atoms with Crippen LogP contribution in [0.2, 0.25) is 0 Å². The van der Waals surface area contributed by atoms with Gasteiger partial charge in [-0.3, -0.25) is 4.79 Å². The molecule has 0 saturated carbocycles. The van der Waals surface area contributed by atoms with E-state index in [0.29, 0.717) is 0 Å². The van der Waals surface area contributed by atoms with Gasteiger partial charge in [-0.25, -0.2) is 12.8 Å². The lowest BCUT2D eigenvalue weighted by Crippen LogP contribution is -2.33. The highest BCUT2D eigenvalue weighted by atomic mass is 79.9. The molecule has 20 heavy (non-hydrogen) atoms. The lowest BCUT2D eigenvalue weighted by atomic mass is 10.1. The van der Waals surface area contributed by atoms with Crippen molar-refractivity contribution in [2.75, 3.05) is 0 Å². The van der Waals surface area contributed by atoms with Crippen LogP contribution in [0, 0.1) is 5.82 Å². The summed E-state index contributed by atoms with van der Waals surface area (Å²) in [5.41, 5.74) is -0.360. The molecule has 1 amide bonds. The first kappa shape index (κ1) is 17.4. The van der Waals surface area contributed by atoms with Crippen LogP contribution in [0.25, 0.3) is 0 Å². The second-order valence-electron chi connectivity index (χ2n) is 4.37. The molecule has 112 valence electrons. The number of hydrogen-bond donors (Lipinski definition) is 1. The zero-order chi connectivity index (χ0) is 15.5. The predicted octanol–water partition coefficient (Wildman–Crippen LogP) is 3.43. The number of amides is 1. The highest BCUT2D eigenvalue weighted by Gasteiger charge is 2.24. The minimum absolute atomic E-state index is 0.137. The molecule has 1 N–H and O–H groups in total. The van der Waals surface area contributed by atoms with Gasteiger partial charge in [0.1, 0.15) is 4.90 Å². The standard InChI is InChI=1S/C12H14BrClFNO3S/c1-3-4-7(2)16-12(17)9-5-8(13)6-10(11(9)15)20(14,18)19/h5-7H,3-4H2,1-2H3,(H,16,17). The number of halogens is 3. The van der Waals surface area contributed by atoms with E-state index in [0.717, 1.165) is 18.9 Å². The molecule has 1 rings (SSSR count). The van der Waals surface area contributed by atoms with Gasteiger partial charge in [-0.05, 0) is 25.5 Å². The molecule has 0 bridgehead atoms. The molecule has 1 unspecified atom stereocenters. The summed E-state index contributed by atoms with van der Waals surface area (Å²) < 4.78 is 36.9. The molecule has 4 nitrogen and oxygen atoms in total. The third-order valence-electron chi connectivity index (χ3n) is 2.61. The Morgan fingerprint density at radius 3 is 2.60 bits per heavy atom. The van der Waals surface area contributed by atoms with Crippen molar-refractivity contribution in [3.05, 3.63) is 28.0 Å². The van der Waals surface area contributed by atoms with Gasteiger partial charge in [0.2, 0.25) is 0 Å². The van der Waals surface area contributed by atoms with Gasteiger partial charge >= 0.3 is 0 Å². The van der Waals surface area contributed by atoms with Gasteiger partial charge in [0.15, 0.2) is 5.82 Å². The predicted molar refractivity (Wildman–Crippen MR) is 79.0 cm³/mol. The van der Waals surface area contributed by atoms with Crippen molar-refractivity contribution in [2.24, 2.45) is 0 Å². The van der Waals surface area contributed by atoms with Crippen molar-refractivity contribution in [1.29, 1.82) is 0 Å². The molecule has 1 aromatic carbocycles. The van der Waals surface area contributed by atoms with Crippen LogP contribution >= 0.6 is 26.6 Å². The van der Waals surface area contributed by atoms with Crippen molar-refractivity contribution in [3.63, 3.8) is 0 Å². The third kappa shape index (κ3) is 4.43. The average molecular weight is 387 g/mol. The molecular formula is C12H14BrClFNO3S. The minimum Gasteiger partial charge on any atom is -0.349 e. The van der Waals surface area contributed by atoms with E-state index in [1.807, 2.05) is 6.92 Å². The van der Waals surface area contributed by atoms with Crippen LogP contribution in [0.4, 0.5) is 4.39 Å². The minimum atomic E-state index is -4.26. The van der Waals surface area contributed by atoms with E-state index in [4.69, 9.17) is 10.7 Å². The van der Waals surface area contributed by atoms with Crippen molar-refractivity contribution < 1.29 is 17.6 Å². The normalized spacial score (nSPS) is 13.1. The monoisotopic (exact) mass is 385 g/mol. The van der Waals surface area contributed by atoms with E-state index in [2.05, 4.69) is 21.2 Å². The number of rotatable bonds is 5. The van der Waals surface area contributed by atoms with Crippen molar-refractivity contribution in [1.82, 2.24) is 5.32 Å². The first-order chi connectivity index (χ1) is 9.16. The van der Waals surface area contributed by atoms with Crippen LogP contribution < -0.4 is 5.32 Å². The number of carbonyl (C=O) groups is 1. The first-order valence-electron chi connectivity index (χ1n) is 5.91. The summed E-state index contributed by atoms with van der Waals surface area (Å²) in [6.07, 6.45) is 1.60. The number of nitrogens with one attached hydrogen (secondary N) is 1. The quantitative estimate of drug-likeness (QED) is 0.789. The lowest BCUT2D eigenvalue weighted by Gasteiger charge is -2.14. The molecular weight excluding hydrogens is 373 g/mol. The maximum absolute atomic E-state index is 14.1. The topological polar surface area (TPSA) is 63.2 Å². The molecule has 8 heteroatoms. The van der Waals surface area contributed by atoms with Gasteiger partial charge in [-0.2, -0.15) is 0 Å². The zero-order valence-electron chi connectivity index (χ0n) is 10.9. The van der Waals surface area contributed by atoms with E-state index in [1.54, 1.807) is 6.92 Å². The summed E-state index contributed by atoms with van der Waals surface area (Å²) in [6, 6.07) is 2.10. The Bertz CT molecular complexity index is 621. The molecule has 0 spiro atoms. The van der Waals surface area contributed by atoms with E-state index >= 15 is 0 Å². The highest BCUT2D eigenvalue weighted by molar-refractivity contribution is 9.10. The van der Waals surface area contributed by atoms with E-state index in [1.165, 1.54) is 6.07 Å². The number of benzene rings is 1. The maximum atomic E-state index is 14.1. The molecule has 0 aliphatic heterocycles. The van der Waals surface area contributed by atoms with Gasteiger partial charge in [-0.1, -0.05) is 29.3 Å². The van der Waals surface area contributed by atoms with Gasteiger partial charge in [-0.15, -0.1) is 0 Å². The molecule has 1 aromatic rings. The van der Waals surface area contributed by atoms with Crippen LogP contribution in [0.15, 0.2) is 21.5 Å². The zero-order valence-corrected chi connectivity index (χ0v) is 14.1. The highest BCUT2D eigenvalue weighted by Crippen LogP contribution is 2.26. The van der Waals surface area contributed by atoms with Crippen LogP contribution in [0.5, 0.6) is 0 Å². The number of hydrogen-bond acceptors (Lipinski definition) is 3. The molecule has 0 aromatic heterocycles. The number of carbonyl (C=O) groups excluding carboxylic acids is 1.